The monoisotopic (exact) mass is 424 g/mol. The van der Waals surface area contributed by atoms with Gasteiger partial charge in [-0.15, -0.1) is 0 Å². The van der Waals surface area contributed by atoms with Crippen LogP contribution in [0, 0.1) is 0 Å². The number of hydrogen-bond donors (Lipinski definition) is 3. The van der Waals surface area contributed by atoms with Gasteiger partial charge in [-0.2, -0.15) is 0 Å². The van der Waals surface area contributed by atoms with Gasteiger partial charge in [0.1, 0.15) is 17.2 Å². The van der Waals surface area contributed by atoms with E-state index in [-0.39, 0.29) is 17.2 Å². The second-order valence-corrected chi connectivity index (χ2v) is 8.21. The summed E-state index contributed by atoms with van der Waals surface area (Å²) in [5.41, 5.74) is 5.45. The highest BCUT2D eigenvalue weighted by Gasteiger charge is 2.15. The van der Waals surface area contributed by atoms with Crippen LogP contribution in [0.5, 0.6) is 28.7 Å². The van der Waals surface area contributed by atoms with Crippen molar-refractivity contribution in [2.75, 3.05) is 0 Å². The maximum absolute atomic E-state index is 10.8. The first-order chi connectivity index (χ1) is 15.6. The van der Waals surface area contributed by atoms with Gasteiger partial charge < -0.3 is 20.1 Å². The maximum Gasteiger partial charge on any atom is 0.169 e. The van der Waals surface area contributed by atoms with Gasteiger partial charge in [-0.1, -0.05) is 42.5 Å². The molecule has 4 heteroatoms. The zero-order valence-corrected chi connectivity index (χ0v) is 17.6. The molecule has 0 aliphatic carbocycles. The fourth-order valence-electron chi connectivity index (χ4n) is 4.26. The Kier molecular flexibility index (Phi) is 5.20. The number of phenolic OH excluding ortho intramolecular Hbond substituents is 3. The van der Waals surface area contributed by atoms with E-state index in [1.807, 2.05) is 60.7 Å². The molecule has 0 atom stereocenters. The molecule has 4 aromatic rings. The predicted molar refractivity (Wildman–Crippen MR) is 125 cm³/mol. The summed E-state index contributed by atoms with van der Waals surface area (Å²) in [5, 5.41) is 31.6. The van der Waals surface area contributed by atoms with Gasteiger partial charge in [0.2, 0.25) is 0 Å². The standard InChI is InChI=1S/C28H24O4/c29-24-15-10-20-5-4-19-9-14-23(26(31)16-19)28-21(2-1-3-25(28)30)11-6-18-7-12-22(13-8-18)32-27(24)17-20/h1-3,7-10,12-17,29-31H,4-6,11H2. The van der Waals surface area contributed by atoms with Crippen LogP contribution in [0.4, 0.5) is 0 Å². The minimum atomic E-state index is 0.102. The molecule has 4 aliphatic heterocycles. The molecular formula is C28H24O4. The molecule has 4 aromatic carbocycles. The summed E-state index contributed by atoms with van der Waals surface area (Å²) in [6, 6.07) is 24.3. The number of phenols is 3. The van der Waals surface area contributed by atoms with Crippen molar-refractivity contribution >= 4 is 0 Å². The molecule has 0 unspecified atom stereocenters. The Morgan fingerprint density at radius 1 is 0.562 bits per heavy atom. The highest BCUT2D eigenvalue weighted by Crippen LogP contribution is 2.39. The van der Waals surface area contributed by atoms with Gasteiger partial charge >= 0.3 is 0 Å². The smallest absolute Gasteiger partial charge is 0.169 e. The van der Waals surface area contributed by atoms with Gasteiger partial charge in [-0.3, -0.25) is 0 Å². The molecule has 8 rings (SSSR count). The molecule has 6 bridgehead atoms. The van der Waals surface area contributed by atoms with Gasteiger partial charge in [0.15, 0.2) is 11.5 Å². The molecule has 3 N–H and O–H groups in total. The summed E-state index contributed by atoms with van der Waals surface area (Å²) in [5.74, 6) is 1.52. The summed E-state index contributed by atoms with van der Waals surface area (Å²) < 4.78 is 5.94. The molecular weight excluding hydrogens is 400 g/mol. The van der Waals surface area contributed by atoms with Crippen molar-refractivity contribution < 1.29 is 20.1 Å². The third-order valence-electron chi connectivity index (χ3n) is 6.02. The quantitative estimate of drug-likeness (QED) is 0.317. The van der Waals surface area contributed by atoms with E-state index in [0.29, 0.717) is 29.0 Å². The van der Waals surface area contributed by atoms with E-state index in [9.17, 15) is 15.3 Å². The van der Waals surface area contributed by atoms with Crippen molar-refractivity contribution in [2.45, 2.75) is 25.7 Å². The number of benzene rings is 4. The zero-order chi connectivity index (χ0) is 22.1. The first kappa shape index (κ1) is 20.0. The van der Waals surface area contributed by atoms with E-state index in [1.54, 1.807) is 18.2 Å². The second kappa shape index (κ2) is 8.31. The predicted octanol–water partition coefficient (Wildman–Crippen LogP) is 6.15. The SMILES string of the molecule is Oc1ccc2cc1Oc1ccc(cc1)CCc1cccc(O)c1-c1ccc(cc1O)CC2. The van der Waals surface area contributed by atoms with Crippen molar-refractivity contribution in [3.05, 3.63) is 101 Å². The van der Waals surface area contributed by atoms with Crippen LogP contribution in [-0.2, 0) is 25.7 Å². The van der Waals surface area contributed by atoms with Gasteiger partial charge in [0.25, 0.3) is 0 Å². The largest absolute Gasteiger partial charge is 0.507 e. The second-order valence-electron chi connectivity index (χ2n) is 8.21. The van der Waals surface area contributed by atoms with Crippen LogP contribution in [-0.4, -0.2) is 15.3 Å². The maximum atomic E-state index is 10.8. The van der Waals surface area contributed by atoms with Gasteiger partial charge in [0.05, 0.1) is 0 Å². The number of hydrogen-bond acceptors (Lipinski definition) is 4. The van der Waals surface area contributed by atoms with Crippen molar-refractivity contribution in [2.24, 2.45) is 0 Å². The fraction of sp³-hybridized carbons (Fsp3) is 0.143. The summed E-state index contributed by atoms with van der Waals surface area (Å²) in [4.78, 5) is 0. The van der Waals surface area contributed by atoms with E-state index >= 15 is 0 Å². The Labute approximate surface area is 187 Å². The highest BCUT2D eigenvalue weighted by atomic mass is 16.5. The average molecular weight is 424 g/mol. The molecule has 0 spiro atoms. The van der Waals surface area contributed by atoms with Gasteiger partial charge in [0, 0.05) is 11.1 Å². The van der Waals surface area contributed by atoms with E-state index < -0.39 is 0 Å². The molecule has 0 radical (unpaired) electrons. The van der Waals surface area contributed by atoms with E-state index in [0.717, 1.165) is 41.5 Å². The molecule has 0 aromatic heterocycles. The molecule has 0 saturated carbocycles. The van der Waals surface area contributed by atoms with Crippen LogP contribution in [0.2, 0.25) is 0 Å². The molecule has 4 heterocycles. The molecule has 32 heavy (non-hydrogen) atoms. The molecule has 160 valence electrons. The number of ether oxygens (including phenoxy) is 1. The number of rotatable bonds is 0. The third-order valence-corrected chi connectivity index (χ3v) is 6.02. The normalized spacial score (nSPS) is 13.1. The Morgan fingerprint density at radius 3 is 2.03 bits per heavy atom. The Morgan fingerprint density at radius 2 is 1.25 bits per heavy atom. The Hall–Kier alpha value is -3.92. The molecule has 4 nitrogen and oxygen atoms in total. The topological polar surface area (TPSA) is 69.9 Å². The fourth-order valence-corrected chi connectivity index (χ4v) is 4.26. The summed E-state index contributed by atoms with van der Waals surface area (Å²) in [6.45, 7) is 0. The van der Waals surface area contributed by atoms with Crippen LogP contribution in [0.1, 0.15) is 22.3 Å². The zero-order valence-electron chi connectivity index (χ0n) is 17.6. The van der Waals surface area contributed by atoms with Gasteiger partial charge in [-0.25, -0.2) is 0 Å². The van der Waals surface area contributed by atoms with E-state index in [1.165, 1.54) is 0 Å². The summed E-state index contributed by atoms with van der Waals surface area (Å²) >= 11 is 0. The lowest BCUT2D eigenvalue weighted by molar-refractivity contribution is 0.410. The van der Waals surface area contributed by atoms with E-state index in [4.69, 9.17) is 4.74 Å². The lowest BCUT2D eigenvalue weighted by Crippen LogP contribution is -1.97. The van der Waals surface area contributed by atoms with Crippen LogP contribution in [0.15, 0.2) is 78.9 Å². The lowest BCUT2D eigenvalue weighted by Gasteiger charge is -2.15. The van der Waals surface area contributed by atoms with Crippen LogP contribution in [0.3, 0.4) is 0 Å². The summed E-state index contributed by atoms with van der Waals surface area (Å²) in [6.07, 6.45) is 2.95. The van der Waals surface area contributed by atoms with Crippen molar-refractivity contribution in [3.63, 3.8) is 0 Å². The third kappa shape index (κ3) is 4.00. The van der Waals surface area contributed by atoms with Crippen LogP contribution in [0.25, 0.3) is 11.1 Å². The minimum absolute atomic E-state index is 0.102. The minimum Gasteiger partial charge on any atom is -0.507 e. The molecule has 0 saturated heterocycles. The van der Waals surface area contributed by atoms with Crippen LogP contribution < -0.4 is 4.74 Å². The van der Waals surface area contributed by atoms with Gasteiger partial charge in [-0.05, 0) is 84.3 Å². The molecule has 4 aliphatic rings. The van der Waals surface area contributed by atoms with Crippen molar-refractivity contribution in [3.8, 4) is 39.9 Å². The van der Waals surface area contributed by atoms with Crippen molar-refractivity contribution in [1.82, 2.24) is 0 Å². The molecule has 0 fully saturated rings. The molecule has 0 amide bonds. The lowest BCUT2D eigenvalue weighted by atomic mass is 9.92. The number of aromatic hydroxyl groups is 3. The Balaban J connectivity index is 1.60. The van der Waals surface area contributed by atoms with Crippen LogP contribution >= 0.6 is 0 Å². The van der Waals surface area contributed by atoms with Crippen molar-refractivity contribution in [1.29, 1.82) is 0 Å². The first-order valence-electron chi connectivity index (χ1n) is 10.8. The average Bonchev–Trinajstić information content (AvgIpc) is 2.79. The first-order valence-corrected chi connectivity index (χ1v) is 10.8. The van der Waals surface area contributed by atoms with E-state index in [2.05, 4.69) is 0 Å². The Bertz CT molecular complexity index is 1280. The number of aryl methyl sites for hydroxylation is 4. The summed E-state index contributed by atoms with van der Waals surface area (Å²) in [7, 11) is 0. The highest BCUT2D eigenvalue weighted by molar-refractivity contribution is 5.78.